The molecule has 0 amide bonds. The van der Waals surface area contributed by atoms with Crippen LogP contribution in [0.4, 0.5) is 0 Å². The molecule has 1 nitrogen and oxygen atoms in total. The first-order valence-corrected chi connectivity index (χ1v) is 4.41. The molecule has 0 saturated carbocycles. The van der Waals surface area contributed by atoms with E-state index in [1.165, 1.54) is 5.56 Å². The second-order valence-corrected chi connectivity index (χ2v) is 3.22. The lowest BCUT2D eigenvalue weighted by Gasteiger charge is -1.93. The van der Waals surface area contributed by atoms with E-state index in [1.54, 1.807) is 6.92 Å². The molecule has 0 heterocycles. The third-order valence-electron chi connectivity index (χ3n) is 1.79. The van der Waals surface area contributed by atoms with Gasteiger partial charge in [-0.2, -0.15) is 0 Å². The van der Waals surface area contributed by atoms with Crippen molar-refractivity contribution in [3.8, 4) is 0 Å². The molecule has 0 aromatic heterocycles. The number of carbonyl (C=O) groups is 1. The standard InChI is InChI=1S/C12H14O/c1-10-6-8-12(9-7-10)5-3-4-11(2)13/h3,5-9H,4H2,1-2H3/b5-3-. The average Bonchev–Trinajstić information content (AvgIpc) is 2.08. The molecule has 0 aliphatic heterocycles. The zero-order valence-corrected chi connectivity index (χ0v) is 8.08. The Labute approximate surface area is 79.1 Å². The fourth-order valence-corrected chi connectivity index (χ4v) is 1.04. The van der Waals surface area contributed by atoms with Crippen LogP contribution in [0.1, 0.15) is 24.5 Å². The maximum absolute atomic E-state index is 10.6. The van der Waals surface area contributed by atoms with Gasteiger partial charge in [0.25, 0.3) is 0 Å². The zero-order valence-electron chi connectivity index (χ0n) is 8.08. The van der Waals surface area contributed by atoms with Crippen molar-refractivity contribution in [2.75, 3.05) is 0 Å². The van der Waals surface area contributed by atoms with Crippen molar-refractivity contribution in [2.24, 2.45) is 0 Å². The maximum Gasteiger partial charge on any atom is 0.133 e. The summed E-state index contributed by atoms with van der Waals surface area (Å²) in [6.07, 6.45) is 4.39. The number of aryl methyl sites for hydroxylation is 1. The lowest BCUT2D eigenvalue weighted by molar-refractivity contribution is -0.116. The molecule has 1 rings (SSSR count). The van der Waals surface area contributed by atoms with Crippen LogP contribution in [-0.2, 0) is 4.79 Å². The summed E-state index contributed by atoms with van der Waals surface area (Å²) in [5.41, 5.74) is 2.40. The molecule has 0 radical (unpaired) electrons. The number of ketones is 1. The molecule has 0 N–H and O–H groups in total. The van der Waals surface area contributed by atoms with Crippen molar-refractivity contribution in [1.29, 1.82) is 0 Å². The summed E-state index contributed by atoms with van der Waals surface area (Å²) in [6, 6.07) is 8.22. The smallest absolute Gasteiger partial charge is 0.133 e. The molecule has 13 heavy (non-hydrogen) atoms. The quantitative estimate of drug-likeness (QED) is 0.688. The van der Waals surface area contributed by atoms with Crippen LogP contribution < -0.4 is 0 Å². The lowest BCUT2D eigenvalue weighted by atomic mass is 10.1. The molecule has 0 bridgehead atoms. The van der Waals surface area contributed by atoms with E-state index in [1.807, 2.05) is 24.3 Å². The van der Waals surface area contributed by atoms with Gasteiger partial charge < -0.3 is 0 Å². The number of benzene rings is 1. The molecule has 0 spiro atoms. The molecular weight excluding hydrogens is 160 g/mol. The van der Waals surface area contributed by atoms with E-state index in [0.29, 0.717) is 6.42 Å². The largest absolute Gasteiger partial charge is 0.300 e. The summed E-state index contributed by atoms with van der Waals surface area (Å²) in [6.45, 7) is 3.66. The minimum atomic E-state index is 0.198. The van der Waals surface area contributed by atoms with Crippen LogP contribution in [0.25, 0.3) is 6.08 Å². The Morgan fingerprint density at radius 3 is 2.46 bits per heavy atom. The van der Waals surface area contributed by atoms with E-state index < -0.39 is 0 Å². The van der Waals surface area contributed by atoms with Crippen LogP contribution >= 0.6 is 0 Å². The highest BCUT2D eigenvalue weighted by atomic mass is 16.1. The Morgan fingerprint density at radius 1 is 1.31 bits per heavy atom. The highest BCUT2D eigenvalue weighted by Crippen LogP contribution is 2.05. The van der Waals surface area contributed by atoms with Gasteiger partial charge in [-0.3, -0.25) is 4.79 Å². The minimum absolute atomic E-state index is 0.198. The Hall–Kier alpha value is -1.37. The number of carbonyl (C=O) groups excluding carboxylic acids is 1. The van der Waals surface area contributed by atoms with E-state index >= 15 is 0 Å². The minimum Gasteiger partial charge on any atom is -0.300 e. The first kappa shape index (κ1) is 9.72. The normalized spacial score (nSPS) is 10.6. The van der Waals surface area contributed by atoms with Gasteiger partial charge in [-0.25, -0.2) is 0 Å². The molecule has 1 heteroatoms. The van der Waals surface area contributed by atoms with E-state index in [4.69, 9.17) is 0 Å². The summed E-state index contributed by atoms with van der Waals surface area (Å²) in [7, 11) is 0. The Balaban J connectivity index is 2.59. The molecular formula is C12H14O. The first-order chi connectivity index (χ1) is 6.18. The van der Waals surface area contributed by atoms with Gasteiger partial charge in [0.2, 0.25) is 0 Å². The average molecular weight is 174 g/mol. The van der Waals surface area contributed by atoms with Gasteiger partial charge in [0.1, 0.15) is 5.78 Å². The van der Waals surface area contributed by atoms with Gasteiger partial charge in [0, 0.05) is 6.42 Å². The lowest BCUT2D eigenvalue weighted by Crippen LogP contribution is -1.83. The molecule has 0 aliphatic rings. The molecule has 0 atom stereocenters. The van der Waals surface area contributed by atoms with E-state index in [0.717, 1.165) is 5.56 Å². The van der Waals surface area contributed by atoms with E-state index in [2.05, 4.69) is 19.1 Å². The fraction of sp³-hybridized carbons (Fsp3) is 0.250. The van der Waals surface area contributed by atoms with Crippen molar-refractivity contribution >= 4 is 11.9 Å². The van der Waals surface area contributed by atoms with Gasteiger partial charge >= 0.3 is 0 Å². The summed E-state index contributed by atoms with van der Waals surface area (Å²) in [5, 5.41) is 0. The second-order valence-electron chi connectivity index (χ2n) is 3.22. The number of allylic oxidation sites excluding steroid dienone is 1. The molecule has 0 fully saturated rings. The first-order valence-electron chi connectivity index (χ1n) is 4.41. The fourth-order valence-electron chi connectivity index (χ4n) is 1.04. The predicted molar refractivity (Wildman–Crippen MR) is 55.5 cm³/mol. The third kappa shape index (κ3) is 3.70. The Kier molecular flexibility index (Phi) is 3.44. The zero-order chi connectivity index (χ0) is 9.68. The monoisotopic (exact) mass is 174 g/mol. The van der Waals surface area contributed by atoms with Crippen LogP contribution in [0, 0.1) is 6.92 Å². The van der Waals surface area contributed by atoms with Crippen molar-refractivity contribution < 1.29 is 4.79 Å². The number of rotatable bonds is 3. The highest BCUT2D eigenvalue weighted by Gasteiger charge is 1.88. The van der Waals surface area contributed by atoms with Crippen molar-refractivity contribution in [3.63, 3.8) is 0 Å². The molecule has 0 unspecified atom stereocenters. The van der Waals surface area contributed by atoms with Gasteiger partial charge in [-0.1, -0.05) is 42.0 Å². The number of hydrogen-bond acceptors (Lipinski definition) is 1. The molecule has 1 aromatic rings. The van der Waals surface area contributed by atoms with Crippen molar-refractivity contribution in [2.45, 2.75) is 20.3 Å². The van der Waals surface area contributed by atoms with Crippen LogP contribution in [0.3, 0.4) is 0 Å². The highest BCUT2D eigenvalue weighted by molar-refractivity contribution is 5.78. The van der Waals surface area contributed by atoms with E-state index in [9.17, 15) is 4.79 Å². The SMILES string of the molecule is CC(=O)C/C=C\c1ccc(C)cc1. The van der Waals surface area contributed by atoms with Crippen molar-refractivity contribution in [1.82, 2.24) is 0 Å². The van der Waals surface area contributed by atoms with Crippen LogP contribution in [0.5, 0.6) is 0 Å². The number of Topliss-reactive ketones (excluding diaryl/α,β-unsaturated/α-hetero) is 1. The predicted octanol–water partition coefficient (Wildman–Crippen LogP) is 2.99. The molecule has 0 saturated heterocycles. The maximum atomic E-state index is 10.6. The van der Waals surface area contributed by atoms with Gasteiger partial charge in [0.15, 0.2) is 0 Å². The van der Waals surface area contributed by atoms with Gasteiger partial charge in [-0.15, -0.1) is 0 Å². The van der Waals surface area contributed by atoms with Crippen LogP contribution in [0.15, 0.2) is 30.3 Å². The number of hydrogen-bond donors (Lipinski definition) is 0. The summed E-state index contributed by atoms with van der Waals surface area (Å²) in [4.78, 5) is 10.6. The van der Waals surface area contributed by atoms with Gasteiger partial charge in [0.05, 0.1) is 0 Å². The second kappa shape index (κ2) is 4.61. The Bertz CT molecular complexity index is 306. The van der Waals surface area contributed by atoms with Crippen LogP contribution in [0.2, 0.25) is 0 Å². The van der Waals surface area contributed by atoms with Gasteiger partial charge in [-0.05, 0) is 19.4 Å². The summed E-state index contributed by atoms with van der Waals surface area (Å²) >= 11 is 0. The third-order valence-corrected chi connectivity index (χ3v) is 1.79. The van der Waals surface area contributed by atoms with Crippen LogP contribution in [-0.4, -0.2) is 5.78 Å². The Morgan fingerprint density at radius 2 is 1.92 bits per heavy atom. The molecule has 1 aromatic carbocycles. The van der Waals surface area contributed by atoms with E-state index in [-0.39, 0.29) is 5.78 Å². The summed E-state index contributed by atoms with van der Waals surface area (Å²) in [5.74, 6) is 0.198. The topological polar surface area (TPSA) is 17.1 Å². The van der Waals surface area contributed by atoms with Crippen molar-refractivity contribution in [3.05, 3.63) is 41.5 Å². The summed E-state index contributed by atoms with van der Waals surface area (Å²) < 4.78 is 0. The molecule has 68 valence electrons. The molecule has 0 aliphatic carbocycles.